The summed E-state index contributed by atoms with van der Waals surface area (Å²) in [7, 11) is 0. The molecule has 0 saturated carbocycles. The first-order valence-corrected chi connectivity index (χ1v) is 10.2. The Bertz CT molecular complexity index is 587. The van der Waals surface area contributed by atoms with Crippen molar-refractivity contribution in [2.75, 3.05) is 0 Å². The first kappa shape index (κ1) is 18.9. The molecule has 0 aromatic carbocycles. The fourth-order valence-corrected chi connectivity index (χ4v) is 4.40. The second-order valence-electron chi connectivity index (χ2n) is 7.61. The Morgan fingerprint density at radius 1 is 0.731 bits per heavy atom. The van der Waals surface area contributed by atoms with Gasteiger partial charge in [-0.1, -0.05) is 50.2 Å². The lowest BCUT2D eigenvalue weighted by atomic mass is 9.73. The van der Waals surface area contributed by atoms with E-state index in [4.69, 9.17) is 9.47 Å². The topological polar surface area (TPSA) is 52.6 Å². The number of ether oxygens (including phenoxy) is 2. The zero-order chi connectivity index (χ0) is 18.2. The van der Waals surface area contributed by atoms with Crippen LogP contribution in [0.15, 0.2) is 36.3 Å². The molecule has 26 heavy (non-hydrogen) atoms. The maximum absolute atomic E-state index is 12.4. The van der Waals surface area contributed by atoms with Gasteiger partial charge >= 0.3 is 11.9 Å². The summed E-state index contributed by atoms with van der Waals surface area (Å²) in [6, 6.07) is 0. The van der Waals surface area contributed by atoms with E-state index in [0.29, 0.717) is 12.8 Å². The Labute approximate surface area is 156 Å². The van der Waals surface area contributed by atoms with Gasteiger partial charge in [-0.3, -0.25) is 9.59 Å². The summed E-state index contributed by atoms with van der Waals surface area (Å²) in [6.45, 7) is 0. The van der Waals surface area contributed by atoms with Crippen LogP contribution in [0.2, 0.25) is 0 Å². The van der Waals surface area contributed by atoms with Gasteiger partial charge in [0.05, 0.1) is 24.4 Å². The molecular weight excluding hydrogens is 328 g/mol. The van der Waals surface area contributed by atoms with E-state index in [1.54, 1.807) is 0 Å². The van der Waals surface area contributed by atoms with Crippen molar-refractivity contribution in [3.05, 3.63) is 36.3 Å². The summed E-state index contributed by atoms with van der Waals surface area (Å²) in [5, 5.41) is 0. The number of rotatable bonds is 2. The number of carbonyl (C=O) groups is 2. The smallest absolute Gasteiger partial charge is 0.318 e. The van der Waals surface area contributed by atoms with Gasteiger partial charge in [0.15, 0.2) is 0 Å². The zero-order valence-corrected chi connectivity index (χ0v) is 15.5. The Hall–Kier alpha value is -1.84. The predicted octanol–water partition coefficient (Wildman–Crippen LogP) is 5.21. The maximum atomic E-state index is 12.4. The van der Waals surface area contributed by atoms with E-state index in [2.05, 4.69) is 6.08 Å². The Balaban J connectivity index is 1.88. The largest absolute Gasteiger partial charge is 0.435 e. The SMILES string of the molecule is O=C1OC=CCC1/C1=C\CCCCCCCCCC1C1CC=COC1=O. The van der Waals surface area contributed by atoms with Gasteiger partial charge in [-0.15, -0.1) is 0 Å². The van der Waals surface area contributed by atoms with E-state index in [9.17, 15) is 9.59 Å². The van der Waals surface area contributed by atoms with Crippen LogP contribution in [0.25, 0.3) is 0 Å². The monoisotopic (exact) mass is 358 g/mol. The van der Waals surface area contributed by atoms with Crippen LogP contribution in [-0.4, -0.2) is 11.9 Å². The van der Waals surface area contributed by atoms with E-state index in [-0.39, 0.29) is 29.7 Å². The number of cyclic esters (lactones) is 2. The van der Waals surface area contributed by atoms with Crippen LogP contribution < -0.4 is 0 Å². The van der Waals surface area contributed by atoms with Crippen molar-refractivity contribution in [1.29, 1.82) is 0 Å². The second kappa shape index (κ2) is 9.75. The van der Waals surface area contributed by atoms with Crippen LogP contribution in [0.1, 0.15) is 70.6 Å². The minimum absolute atomic E-state index is 0.0657. The average molecular weight is 358 g/mol. The van der Waals surface area contributed by atoms with E-state index in [1.165, 1.54) is 44.6 Å². The minimum Gasteiger partial charge on any atom is -0.435 e. The highest BCUT2D eigenvalue weighted by Crippen LogP contribution is 2.39. The quantitative estimate of drug-likeness (QED) is 0.502. The summed E-state index contributed by atoms with van der Waals surface area (Å²) in [5.41, 5.74) is 1.11. The van der Waals surface area contributed by atoms with Crippen LogP contribution in [0.4, 0.5) is 0 Å². The molecule has 0 radical (unpaired) electrons. The van der Waals surface area contributed by atoms with Crippen molar-refractivity contribution in [3.63, 3.8) is 0 Å². The zero-order valence-electron chi connectivity index (χ0n) is 15.5. The third-order valence-electron chi connectivity index (χ3n) is 5.83. The van der Waals surface area contributed by atoms with Crippen LogP contribution in [0.3, 0.4) is 0 Å². The molecule has 2 heterocycles. The molecule has 1 aliphatic carbocycles. The maximum Gasteiger partial charge on any atom is 0.318 e. The number of hydrogen-bond acceptors (Lipinski definition) is 4. The van der Waals surface area contributed by atoms with Crippen molar-refractivity contribution >= 4 is 11.9 Å². The average Bonchev–Trinajstić information content (AvgIpc) is 2.64. The van der Waals surface area contributed by atoms with E-state index < -0.39 is 0 Å². The second-order valence-corrected chi connectivity index (χ2v) is 7.61. The molecule has 3 atom stereocenters. The molecule has 0 aromatic rings. The highest BCUT2D eigenvalue weighted by molar-refractivity contribution is 5.79. The Morgan fingerprint density at radius 2 is 1.38 bits per heavy atom. The van der Waals surface area contributed by atoms with Gasteiger partial charge in [0.1, 0.15) is 0 Å². The number of esters is 2. The molecular formula is C22H30O4. The van der Waals surface area contributed by atoms with Gasteiger partial charge < -0.3 is 9.47 Å². The molecule has 3 rings (SSSR count). The third-order valence-corrected chi connectivity index (χ3v) is 5.83. The van der Waals surface area contributed by atoms with Crippen LogP contribution in [-0.2, 0) is 19.1 Å². The lowest BCUT2D eigenvalue weighted by Gasteiger charge is -2.32. The molecule has 0 amide bonds. The van der Waals surface area contributed by atoms with Crippen molar-refractivity contribution in [1.82, 2.24) is 0 Å². The molecule has 142 valence electrons. The van der Waals surface area contributed by atoms with Gasteiger partial charge in [-0.2, -0.15) is 0 Å². The van der Waals surface area contributed by atoms with Gasteiger partial charge in [0, 0.05) is 0 Å². The van der Waals surface area contributed by atoms with Crippen molar-refractivity contribution in [3.8, 4) is 0 Å². The molecule has 3 aliphatic rings. The van der Waals surface area contributed by atoms with Crippen molar-refractivity contribution in [2.24, 2.45) is 17.8 Å². The minimum atomic E-state index is -0.258. The van der Waals surface area contributed by atoms with E-state index >= 15 is 0 Å². The Morgan fingerprint density at radius 3 is 2.12 bits per heavy atom. The molecule has 2 aliphatic heterocycles. The van der Waals surface area contributed by atoms with Crippen LogP contribution in [0, 0.1) is 17.8 Å². The summed E-state index contributed by atoms with van der Waals surface area (Å²) in [5.74, 6) is -0.721. The van der Waals surface area contributed by atoms with E-state index in [1.807, 2.05) is 12.2 Å². The van der Waals surface area contributed by atoms with Crippen LogP contribution >= 0.6 is 0 Å². The lowest BCUT2D eigenvalue weighted by Crippen LogP contribution is -2.33. The molecule has 0 saturated heterocycles. The van der Waals surface area contributed by atoms with E-state index in [0.717, 1.165) is 31.3 Å². The lowest BCUT2D eigenvalue weighted by molar-refractivity contribution is -0.147. The molecule has 0 spiro atoms. The Kier molecular flexibility index (Phi) is 7.10. The summed E-state index contributed by atoms with van der Waals surface area (Å²) >= 11 is 0. The molecule has 0 fully saturated rings. The van der Waals surface area contributed by atoms with Crippen LogP contribution in [0.5, 0.6) is 0 Å². The van der Waals surface area contributed by atoms with Gasteiger partial charge in [0.25, 0.3) is 0 Å². The van der Waals surface area contributed by atoms with Gasteiger partial charge in [-0.05, 0) is 50.2 Å². The first-order valence-electron chi connectivity index (χ1n) is 10.2. The highest BCUT2D eigenvalue weighted by Gasteiger charge is 2.38. The van der Waals surface area contributed by atoms with Gasteiger partial charge in [0.2, 0.25) is 0 Å². The van der Waals surface area contributed by atoms with Crippen molar-refractivity contribution < 1.29 is 19.1 Å². The summed E-state index contributed by atoms with van der Waals surface area (Å²) in [4.78, 5) is 24.9. The molecule has 0 aromatic heterocycles. The number of allylic oxidation sites excluding steroid dienone is 3. The standard InChI is InChI=1S/C22H30O4/c23-21-19(13-9-15-25-21)17-11-7-5-3-1-2-4-6-8-12-18(17)20-14-10-16-26-22(20)24/h9-11,15-16,18-20H,1-8,12-14H2/b17-11-. The number of carbonyl (C=O) groups excluding carboxylic acids is 2. The normalized spacial score (nSPS) is 33.2. The van der Waals surface area contributed by atoms with Crippen molar-refractivity contribution in [2.45, 2.75) is 70.6 Å². The summed E-state index contributed by atoms with van der Waals surface area (Å²) in [6.07, 6.45) is 20.8. The molecule has 4 heteroatoms. The fraction of sp³-hybridized carbons (Fsp3) is 0.636. The van der Waals surface area contributed by atoms with Gasteiger partial charge in [-0.25, -0.2) is 0 Å². The fourth-order valence-electron chi connectivity index (χ4n) is 4.40. The number of hydrogen-bond donors (Lipinski definition) is 0. The first-order chi connectivity index (χ1) is 12.8. The molecule has 0 bridgehead atoms. The molecule has 4 nitrogen and oxygen atoms in total. The highest BCUT2D eigenvalue weighted by atomic mass is 16.5. The molecule has 0 N–H and O–H groups in total. The molecule has 3 unspecified atom stereocenters. The third kappa shape index (κ3) is 4.87. The predicted molar refractivity (Wildman–Crippen MR) is 99.8 cm³/mol. The summed E-state index contributed by atoms with van der Waals surface area (Å²) < 4.78 is 10.4.